The third kappa shape index (κ3) is 10.4. The van der Waals surface area contributed by atoms with Crippen LogP contribution in [0.5, 0.6) is 0 Å². The third-order valence-electron chi connectivity index (χ3n) is 5.93. The minimum absolute atomic E-state index is 0.0428. The van der Waals surface area contributed by atoms with Crippen LogP contribution < -0.4 is 32.6 Å². The van der Waals surface area contributed by atoms with E-state index in [4.69, 9.17) is 10.8 Å². The topological polar surface area (TPSA) is 271 Å². The predicted molar refractivity (Wildman–Crippen MR) is 152 cm³/mol. The number of rotatable bonds is 16. The molecule has 1 aromatic carbocycles. The van der Waals surface area contributed by atoms with Crippen molar-refractivity contribution in [3.63, 3.8) is 0 Å². The number of nitrogens with two attached hydrogens (primary N) is 1. The number of aliphatic carboxylic acids is 2. The van der Waals surface area contributed by atoms with Crippen molar-refractivity contribution in [2.24, 2.45) is 0 Å². The molecule has 228 valence electrons. The molecule has 0 unspecified atom stereocenters. The summed E-state index contributed by atoms with van der Waals surface area (Å²) in [6, 6.07) is 4.87. The maximum atomic E-state index is 12.6. The monoisotopic (exact) mass is 597 g/mol. The van der Waals surface area contributed by atoms with E-state index in [1.54, 1.807) is 12.1 Å². The highest BCUT2D eigenvalue weighted by molar-refractivity contribution is 5.97. The Kier molecular flexibility index (Phi) is 11.4. The van der Waals surface area contributed by atoms with Gasteiger partial charge >= 0.3 is 11.9 Å². The van der Waals surface area contributed by atoms with E-state index in [1.807, 2.05) is 0 Å². The fourth-order valence-corrected chi connectivity index (χ4v) is 3.74. The molecule has 2 heterocycles. The van der Waals surface area contributed by atoms with Gasteiger partial charge in [-0.15, -0.1) is 0 Å². The summed E-state index contributed by atoms with van der Waals surface area (Å²) in [5.41, 5.74) is 6.42. The van der Waals surface area contributed by atoms with Gasteiger partial charge < -0.3 is 37.2 Å². The number of aromatic amines is 1. The first-order chi connectivity index (χ1) is 20.5. The Morgan fingerprint density at radius 2 is 1.60 bits per heavy atom. The van der Waals surface area contributed by atoms with E-state index < -0.39 is 35.4 Å². The van der Waals surface area contributed by atoms with E-state index in [0.717, 1.165) is 0 Å². The fourth-order valence-electron chi connectivity index (χ4n) is 3.74. The molecule has 17 nitrogen and oxygen atoms in total. The second-order valence-corrected chi connectivity index (χ2v) is 9.27. The summed E-state index contributed by atoms with van der Waals surface area (Å²) in [7, 11) is 0. The minimum atomic E-state index is -1.32. The average Bonchev–Trinajstić information content (AvgIpc) is 2.96. The van der Waals surface area contributed by atoms with Gasteiger partial charge in [-0.05, 0) is 37.1 Å². The zero-order chi connectivity index (χ0) is 31.4. The molecule has 0 saturated heterocycles. The van der Waals surface area contributed by atoms with Crippen LogP contribution in [0.3, 0.4) is 0 Å². The van der Waals surface area contributed by atoms with Gasteiger partial charge in [0.2, 0.25) is 17.8 Å². The van der Waals surface area contributed by atoms with E-state index in [-0.39, 0.29) is 80.3 Å². The van der Waals surface area contributed by atoms with Crippen molar-refractivity contribution < 1.29 is 34.2 Å². The molecule has 9 N–H and O–H groups in total. The molecule has 0 aliphatic heterocycles. The van der Waals surface area contributed by atoms with Crippen LogP contribution in [0.1, 0.15) is 48.2 Å². The van der Waals surface area contributed by atoms with Crippen molar-refractivity contribution in [3.05, 3.63) is 52.1 Å². The second kappa shape index (κ2) is 15.4. The Morgan fingerprint density at radius 3 is 2.26 bits per heavy atom. The molecule has 1 atom stereocenters. The zero-order valence-electron chi connectivity index (χ0n) is 22.9. The Hall–Kier alpha value is -5.61. The summed E-state index contributed by atoms with van der Waals surface area (Å²) >= 11 is 0. The number of carbonyl (C=O) groups is 5. The molecule has 3 amide bonds. The Balaban J connectivity index is 1.42. The molecule has 43 heavy (non-hydrogen) atoms. The largest absolute Gasteiger partial charge is 0.481 e. The lowest BCUT2D eigenvalue weighted by Crippen LogP contribution is -2.42. The Bertz CT molecular complexity index is 1540. The number of carboxylic acid groups (broad SMARTS) is 2. The van der Waals surface area contributed by atoms with Crippen LogP contribution in [-0.4, -0.2) is 78.9 Å². The number of carboxylic acids is 2. The van der Waals surface area contributed by atoms with Gasteiger partial charge in [-0.2, -0.15) is 4.98 Å². The number of fused-ring (bicyclic) bond motifs is 1. The third-order valence-corrected chi connectivity index (χ3v) is 5.93. The van der Waals surface area contributed by atoms with Crippen molar-refractivity contribution in [2.45, 2.75) is 44.7 Å². The SMILES string of the molecule is Nc1nc2ncc(CNc3ccc(C(=O)N[C@@H](CCC(=O)NCCNC(=O)CCCC(=O)O)C(=O)O)cc3)nc2c(=O)[nH]1. The van der Waals surface area contributed by atoms with Gasteiger partial charge in [-0.1, -0.05) is 0 Å². The standard InChI is InChI=1S/C26H31N9O8/c27-26-34-22-21(24(41)35-26)32-16(13-31-22)12-30-15-6-4-14(5-7-15)23(40)33-17(25(42)43)8-9-19(37)29-11-10-28-18(36)2-1-3-20(38)39/h4-7,13,17,30H,1-3,8-12H2,(H,28,36)(H,29,37)(H,33,40)(H,38,39)(H,42,43)(H3,27,31,34,35,41)/t17-/m0/s1. The van der Waals surface area contributed by atoms with Crippen molar-refractivity contribution in [1.82, 2.24) is 35.9 Å². The van der Waals surface area contributed by atoms with Gasteiger partial charge in [-0.3, -0.25) is 29.0 Å². The number of anilines is 2. The molecule has 17 heteroatoms. The number of carbonyl (C=O) groups excluding carboxylic acids is 3. The molecule has 0 saturated carbocycles. The molecule has 0 bridgehead atoms. The van der Waals surface area contributed by atoms with Crippen molar-refractivity contribution >= 4 is 52.5 Å². The van der Waals surface area contributed by atoms with E-state index in [1.165, 1.54) is 18.3 Å². The fraction of sp³-hybridized carbons (Fsp3) is 0.346. The van der Waals surface area contributed by atoms with Gasteiger partial charge in [0.1, 0.15) is 6.04 Å². The molecule has 0 spiro atoms. The Morgan fingerprint density at radius 1 is 0.930 bits per heavy atom. The predicted octanol–water partition coefficient (Wildman–Crippen LogP) is -0.642. The van der Waals surface area contributed by atoms with E-state index in [0.29, 0.717) is 11.4 Å². The van der Waals surface area contributed by atoms with Gasteiger partial charge in [0.15, 0.2) is 11.2 Å². The molecule has 0 fully saturated rings. The maximum Gasteiger partial charge on any atom is 0.326 e. The van der Waals surface area contributed by atoms with Crippen LogP contribution in [0.2, 0.25) is 0 Å². The molecule has 0 aliphatic carbocycles. The molecule has 0 aliphatic rings. The average molecular weight is 598 g/mol. The first kappa shape index (κ1) is 31.9. The molecule has 0 radical (unpaired) electrons. The van der Waals surface area contributed by atoms with E-state index in [2.05, 4.69) is 41.2 Å². The van der Waals surface area contributed by atoms with Crippen molar-refractivity contribution in [1.29, 1.82) is 0 Å². The van der Waals surface area contributed by atoms with Gasteiger partial charge in [-0.25, -0.2) is 14.8 Å². The van der Waals surface area contributed by atoms with E-state index in [9.17, 15) is 33.9 Å². The molecule has 2 aromatic heterocycles. The lowest BCUT2D eigenvalue weighted by Gasteiger charge is -2.15. The normalized spacial score (nSPS) is 11.3. The summed E-state index contributed by atoms with van der Waals surface area (Å²) in [4.78, 5) is 85.0. The lowest BCUT2D eigenvalue weighted by molar-refractivity contribution is -0.140. The number of nitrogens with zero attached hydrogens (tertiary/aromatic N) is 3. The van der Waals surface area contributed by atoms with E-state index >= 15 is 0 Å². The quantitative estimate of drug-likeness (QED) is 0.0955. The number of aromatic nitrogens is 4. The summed E-state index contributed by atoms with van der Waals surface area (Å²) in [6.07, 6.45) is 1.25. The van der Waals surface area contributed by atoms with Crippen LogP contribution in [-0.2, 0) is 25.7 Å². The van der Waals surface area contributed by atoms with Crippen molar-refractivity contribution in [3.8, 4) is 0 Å². The zero-order valence-corrected chi connectivity index (χ0v) is 22.9. The number of nitrogens with one attached hydrogen (secondary N) is 5. The lowest BCUT2D eigenvalue weighted by atomic mass is 10.1. The van der Waals surface area contributed by atoms with Crippen LogP contribution >= 0.6 is 0 Å². The summed E-state index contributed by atoms with van der Waals surface area (Å²) < 4.78 is 0. The molecule has 3 aromatic rings. The van der Waals surface area contributed by atoms with Crippen LogP contribution in [0, 0.1) is 0 Å². The van der Waals surface area contributed by atoms with Crippen LogP contribution in [0.15, 0.2) is 35.3 Å². The highest BCUT2D eigenvalue weighted by atomic mass is 16.4. The molecule has 3 rings (SSSR count). The summed E-state index contributed by atoms with van der Waals surface area (Å²) in [5, 5.41) is 28.6. The molecular weight excluding hydrogens is 566 g/mol. The number of amides is 3. The Labute approximate surface area is 243 Å². The van der Waals surface area contributed by atoms with Gasteiger partial charge in [0.25, 0.3) is 11.5 Å². The van der Waals surface area contributed by atoms with Crippen LogP contribution in [0.25, 0.3) is 11.2 Å². The van der Waals surface area contributed by atoms with Crippen LogP contribution in [0.4, 0.5) is 11.6 Å². The second-order valence-electron chi connectivity index (χ2n) is 9.27. The van der Waals surface area contributed by atoms with Gasteiger partial charge in [0.05, 0.1) is 18.4 Å². The van der Waals surface area contributed by atoms with Gasteiger partial charge in [0, 0.05) is 43.6 Å². The number of nitrogen functional groups attached to an aromatic ring is 1. The first-order valence-corrected chi connectivity index (χ1v) is 13.2. The molecular formula is C26H31N9O8. The number of hydrogen-bond acceptors (Lipinski definition) is 11. The number of hydrogen-bond donors (Lipinski definition) is 8. The summed E-state index contributed by atoms with van der Waals surface area (Å²) in [6.45, 7) is 0.441. The number of benzene rings is 1. The minimum Gasteiger partial charge on any atom is -0.481 e. The summed E-state index contributed by atoms with van der Waals surface area (Å²) in [5.74, 6) is -3.80. The smallest absolute Gasteiger partial charge is 0.326 e. The maximum absolute atomic E-state index is 12.6. The highest BCUT2D eigenvalue weighted by Crippen LogP contribution is 2.12. The highest BCUT2D eigenvalue weighted by Gasteiger charge is 2.22. The number of H-pyrrole nitrogens is 1. The first-order valence-electron chi connectivity index (χ1n) is 13.2. The van der Waals surface area contributed by atoms with Crippen molar-refractivity contribution in [2.75, 3.05) is 24.1 Å².